The molecule has 1 amide bonds. The standard InChI is InChI=1S/C23H19Cl2N5O/c1-15-6-11-19(24)22(21(15)25)29-20-5-3-2-4-18(20)23(31)27-12-16-7-9-17(10-8-16)30-14-26-13-28-30/h2-11,13-14,29H,12H2,1H3,(H,27,31). The van der Waals surface area contributed by atoms with Crippen LogP contribution in [0.15, 0.2) is 73.3 Å². The largest absolute Gasteiger partial charge is 0.352 e. The molecule has 4 aromatic rings. The van der Waals surface area contributed by atoms with Crippen molar-refractivity contribution >= 4 is 40.5 Å². The van der Waals surface area contributed by atoms with Crippen molar-refractivity contribution in [3.8, 4) is 5.69 Å². The highest BCUT2D eigenvalue weighted by molar-refractivity contribution is 6.39. The van der Waals surface area contributed by atoms with Gasteiger partial charge in [0.2, 0.25) is 0 Å². The number of amides is 1. The molecule has 0 aliphatic rings. The zero-order chi connectivity index (χ0) is 21.8. The van der Waals surface area contributed by atoms with Gasteiger partial charge < -0.3 is 10.6 Å². The van der Waals surface area contributed by atoms with Crippen molar-refractivity contribution in [1.82, 2.24) is 20.1 Å². The van der Waals surface area contributed by atoms with Crippen molar-refractivity contribution in [2.75, 3.05) is 5.32 Å². The highest BCUT2D eigenvalue weighted by Crippen LogP contribution is 2.35. The molecule has 8 heteroatoms. The predicted octanol–water partition coefficient (Wildman–Crippen LogP) is 5.56. The first kappa shape index (κ1) is 20.9. The molecule has 1 heterocycles. The third-order valence-electron chi connectivity index (χ3n) is 4.79. The summed E-state index contributed by atoms with van der Waals surface area (Å²) in [7, 11) is 0. The van der Waals surface area contributed by atoms with Gasteiger partial charge in [0, 0.05) is 6.54 Å². The Morgan fingerprint density at radius 3 is 2.55 bits per heavy atom. The Labute approximate surface area is 189 Å². The lowest BCUT2D eigenvalue weighted by atomic mass is 10.1. The number of anilines is 2. The fourth-order valence-electron chi connectivity index (χ4n) is 3.08. The van der Waals surface area contributed by atoms with Crippen LogP contribution in [0.2, 0.25) is 10.0 Å². The van der Waals surface area contributed by atoms with Crippen LogP contribution in [0, 0.1) is 6.92 Å². The maximum atomic E-state index is 12.9. The highest BCUT2D eigenvalue weighted by Gasteiger charge is 2.14. The van der Waals surface area contributed by atoms with Gasteiger partial charge in [-0.2, -0.15) is 5.10 Å². The van der Waals surface area contributed by atoms with Crippen LogP contribution < -0.4 is 10.6 Å². The second kappa shape index (κ2) is 9.20. The fourth-order valence-corrected chi connectivity index (χ4v) is 3.55. The number of aromatic nitrogens is 3. The number of benzene rings is 3. The first-order chi connectivity index (χ1) is 15.0. The minimum atomic E-state index is -0.205. The van der Waals surface area contributed by atoms with Crippen LogP contribution in [0.5, 0.6) is 0 Å². The van der Waals surface area contributed by atoms with Gasteiger partial charge >= 0.3 is 0 Å². The highest BCUT2D eigenvalue weighted by atomic mass is 35.5. The third kappa shape index (κ3) is 4.71. The van der Waals surface area contributed by atoms with Crippen LogP contribution in [0.25, 0.3) is 5.69 Å². The number of nitrogens with zero attached hydrogens (tertiary/aromatic N) is 3. The molecule has 31 heavy (non-hydrogen) atoms. The van der Waals surface area contributed by atoms with E-state index in [-0.39, 0.29) is 5.91 Å². The number of para-hydroxylation sites is 1. The van der Waals surface area contributed by atoms with E-state index < -0.39 is 0 Å². The molecule has 0 atom stereocenters. The van der Waals surface area contributed by atoms with Crippen LogP contribution in [-0.4, -0.2) is 20.7 Å². The SMILES string of the molecule is Cc1ccc(Cl)c(Nc2ccccc2C(=O)NCc2ccc(-n3cncn3)cc2)c1Cl. The number of hydrogen-bond donors (Lipinski definition) is 2. The second-order valence-electron chi connectivity index (χ2n) is 6.91. The van der Waals surface area contributed by atoms with Crippen molar-refractivity contribution in [2.24, 2.45) is 0 Å². The molecule has 2 N–H and O–H groups in total. The number of rotatable bonds is 6. The zero-order valence-electron chi connectivity index (χ0n) is 16.6. The molecule has 4 rings (SSSR count). The Hall–Kier alpha value is -3.35. The Morgan fingerprint density at radius 2 is 1.81 bits per heavy atom. The molecule has 0 aliphatic carbocycles. The summed E-state index contributed by atoms with van der Waals surface area (Å²) in [5.41, 5.74) is 4.45. The average molecular weight is 452 g/mol. The minimum Gasteiger partial charge on any atom is -0.352 e. The van der Waals surface area contributed by atoms with Gasteiger partial charge in [-0.05, 0) is 48.4 Å². The van der Waals surface area contributed by atoms with E-state index in [0.29, 0.717) is 33.5 Å². The van der Waals surface area contributed by atoms with Crippen LogP contribution in [0.4, 0.5) is 11.4 Å². The maximum Gasteiger partial charge on any atom is 0.253 e. The Kier molecular flexibility index (Phi) is 6.21. The van der Waals surface area contributed by atoms with Crippen LogP contribution in [-0.2, 0) is 6.54 Å². The van der Waals surface area contributed by atoms with Gasteiger partial charge in [-0.3, -0.25) is 4.79 Å². The summed E-state index contributed by atoms with van der Waals surface area (Å²) >= 11 is 12.7. The summed E-state index contributed by atoms with van der Waals surface area (Å²) in [6.45, 7) is 2.29. The molecule has 0 bridgehead atoms. The summed E-state index contributed by atoms with van der Waals surface area (Å²) in [5, 5.41) is 11.3. The Bertz CT molecular complexity index is 1210. The second-order valence-corrected chi connectivity index (χ2v) is 7.70. The van der Waals surface area contributed by atoms with E-state index >= 15 is 0 Å². The van der Waals surface area contributed by atoms with Crippen molar-refractivity contribution in [2.45, 2.75) is 13.5 Å². The number of nitrogens with one attached hydrogen (secondary N) is 2. The summed E-state index contributed by atoms with van der Waals surface area (Å²) < 4.78 is 1.67. The number of aryl methyl sites for hydroxylation is 1. The molecule has 156 valence electrons. The number of carbonyl (C=O) groups is 1. The van der Waals surface area contributed by atoms with Crippen molar-refractivity contribution in [3.63, 3.8) is 0 Å². The van der Waals surface area contributed by atoms with Crippen LogP contribution in [0.1, 0.15) is 21.5 Å². The predicted molar refractivity (Wildman–Crippen MR) is 123 cm³/mol. The van der Waals surface area contributed by atoms with Crippen LogP contribution >= 0.6 is 23.2 Å². The molecule has 3 aromatic carbocycles. The van der Waals surface area contributed by atoms with Crippen LogP contribution in [0.3, 0.4) is 0 Å². The lowest BCUT2D eigenvalue weighted by Gasteiger charge is -2.15. The van der Waals surface area contributed by atoms with Gasteiger partial charge in [-0.1, -0.05) is 53.5 Å². The third-order valence-corrected chi connectivity index (χ3v) is 5.59. The first-order valence-corrected chi connectivity index (χ1v) is 10.3. The van der Waals surface area contributed by atoms with Gasteiger partial charge in [-0.15, -0.1) is 0 Å². The van der Waals surface area contributed by atoms with Crippen molar-refractivity contribution < 1.29 is 4.79 Å². The fraction of sp³-hybridized carbons (Fsp3) is 0.0870. The normalized spacial score (nSPS) is 10.7. The minimum absolute atomic E-state index is 0.205. The van der Waals surface area contributed by atoms with Crippen molar-refractivity contribution in [3.05, 3.63) is 100 Å². The molecule has 0 saturated heterocycles. The van der Waals surface area contributed by atoms with E-state index in [4.69, 9.17) is 23.2 Å². The van der Waals surface area contributed by atoms with Gasteiger partial charge in [0.05, 0.1) is 32.7 Å². The molecular formula is C23H19Cl2N5O. The van der Waals surface area contributed by atoms with Gasteiger partial charge in [0.15, 0.2) is 0 Å². The van der Waals surface area contributed by atoms with E-state index in [0.717, 1.165) is 16.8 Å². The van der Waals surface area contributed by atoms with Crippen molar-refractivity contribution in [1.29, 1.82) is 0 Å². The van der Waals surface area contributed by atoms with E-state index in [1.54, 1.807) is 23.1 Å². The van der Waals surface area contributed by atoms with Gasteiger partial charge in [0.25, 0.3) is 5.91 Å². The zero-order valence-corrected chi connectivity index (χ0v) is 18.2. The molecular weight excluding hydrogens is 433 g/mol. The summed E-state index contributed by atoms with van der Waals surface area (Å²) in [6, 6.07) is 18.6. The monoisotopic (exact) mass is 451 g/mol. The average Bonchev–Trinajstić information content (AvgIpc) is 3.33. The lowest BCUT2D eigenvalue weighted by Crippen LogP contribution is -2.23. The Morgan fingerprint density at radius 1 is 1.03 bits per heavy atom. The summed E-state index contributed by atoms with van der Waals surface area (Å²) in [5.74, 6) is -0.205. The number of carbonyl (C=O) groups excluding carboxylic acids is 1. The topological polar surface area (TPSA) is 71.8 Å². The molecule has 6 nitrogen and oxygen atoms in total. The van der Waals surface area contributed by atoms with E-state index in [1.807, 2.05) is 55.5 Å². The smallest absolute Gasteiger partial charge is 0.253 e. The molecule has 0 saturated carbocycles. The van der Waals surface area contributed by atoms with E-state index in [9.17, 15) is 4.79 Å². The van der Waals surface area contributed by atoms with E-state index in [1.165, 1.54) is 6.33 Å². The molecule has 0 fully saturated rings. The first-order valence-electron chi connectivity index (χ1n) is 9.55. The quantitative estimate of drug-likeness (QED) is 0.402. The summed E-state index contributed by atoms with van der Waals surface area (Å²) in [6.07, 6.45) is 3.12. The molecule has 1 aromatic heterocycles. The lowest BCUT2D eigenvalue weighted by molar-refractivity contribution is 0.0952. The molecule has 0 unspecified atom stereocenters. The Balaban J connectivity index is 1.48. The molecule has 0 spiro atoms. The molecule has 0 radical (unpaired) electrons. The number of hydrogen-bond acceptors (Lipinski definition) is 4. The molecule has 0 aliphatic heterocycles. The van der Waals surface area contributed by atoms with Gasteiger partial charge in [-0.25, -0.2) is 9.67 Å². The number of halogens is 2. The summed E-state index contributed by atoms with van der Waals surface area (Å²) in [4.78, 5) is 16.8. The van der Waals surface area contributed by atoms with E-state index in [2.05, 4.69) is 20.7 Å². The maximum absolute atomic E-state index is 12.9. The van der Waals surface area contributed by atoms with Gasteiger partial charge in [0.1, 0.15) is 12.7 Å².